The third-order valence-electron chi connectivity index (χ3n) is 5.62. The van der Waals surface area contributed by atoms with Crippen molar-refractivity contribution in [2.24, 2.45) is 0 Å². The number of ether oxygens (including phenoxy) is 5. The Bertz CT molecular complexity index is 1110. The molecule has 4 rings (SSSR count). The predicted molar refractivity (Wildman–Crippen MR) is 118 cm³/mol. The maximum atomic E-state index is 13.1. The second-order valence-electron chi connectivity index (χ2n) is 7.43. The largest absolute Gasteiger partial charge is 0.507 e. The zero-order valence-electron chi connectivity index (χ0n) is 18.6. The number of likely N-dealkylation sites (tertiary alicyclic amines) is 1. The van der Waals surface area contributed by atoms with Crippen molar-refractivity contribution < 1.29 is 38.4 Å². The fourth-order valence-electron chi connectivity index (χ4n) is 4.10. The standard InChI is InChI=1S/C24H25NO8/c1-29-10-9-25-20(15-5-4-6-17(30-2)23(15)31-3)19(22(27)24(25)28)21(26)14-7-8-16-18(13-14)33-12-11-32-16/h4-8,13,20,26H,9-12H2,1-3H3/t20-/m1/s1. The molecule has 1 fully saturated rings. The zero-order chi connectivity index (χ0) is 23.5. The predicted octanol–water partition coefficient (Wildman–Crippen LogP) is 2.54. The van der Waals surface area contributed by atoms with Crippen LogP contribution < -0.4 is 18.9 Å². The minimum absolute atomic E-state index is 0.0562. The van der Waals surface area contributed by atoms with Crippen LogP contribution in [0.5, 0.6) is 23.0 Å². The number of Topliss-reactive ketones (excluding diaryl/α,β-unsaturated/α-hetero) is 1. The van der Waals surface area contributed by atoms with Crippen LogP contribution in [-0.2, 0) is 14.3 Å². The Hall–Kier alpha value is -3.72. The SMILES string of the molecule is COCCN1C(=O)C(=O)C(=C(O)c2ccc3c(c2)OCCO3)[C@H]1c1cccc(OC)c1OC. The Morgan fingerprint density at radius 2 is 1.82 bits per heavy atom. The molecule has 2 aromatic rings. The Morgan fingerprint density at radius 3 is 2.52 bits per heavy atom. The molecule has 1 N–H and O–H groups in total. The number of hydrogen-bond donors (Lipinski definition) is 1. The summed E-state index contributed by atoms with van der Waals surface area (Å²) < 4.78 is 27.2. The number of aliphatic hydroxyl groups excluding tert-OH is 1. The van der Waals surface area contributed by atoms with Crippen molar-refractivity contribution in [3.8, 4) is 23.0 Å². The van der Waals surface area contributed by atoms with E-state index in [4.69, 9.17) is 23.7 Å². The summed E-state index contributed by atoms with van der Waals surface area (Å²) >= 11 is 0. The van der Waals surface area contributed by atoms with E-state index in [2.05, 4.69) is 0 Å². The van der Waals surface area contributed by atoms with Gasteiger partial charge in [0.05, 0.1) is 32.4 Å². The summed E-state index contributed by atoms with van der Waals surface area (Å²) in [6, 6.07) is 9.14. The van der Waals surface area contributed by atoms with Crippen LogP contribution >= 0.6 is 0 Å². The van der Waals surface area contributed by atoms with Gasteiger partial charge >= 0.3 is 0 Å². The Kier molecular flexibility index (Phi) is 6.41. The lowest BCUT2D eigenvalue weighted by Gasteiger charge is -2.27. The molecule has 9 heteroatoms. The molecule has 174 valence electrons. The molecule has 33 heavy (non-hydrogen) atoms. The highest BCUT2D eigenvalue weighted by Crippen LogP contribution is 2.46. The van der Waals surface area contributed by atoms with Gasteiger partial charge in [0.15, 0.2) is 23.0 Å². The molecule has 0 aromatic heterocycles. The molecule has 0 unspecified atom stereocenters. The van der Waals surface area contributed by atoms with Crippen LogP contribution in [0, 0.1) is 0 Å². The lowest BCUT2D eigenvalue weighted by molar-refractivity contribution is -0.140. The Morgan fingerprint density at radius 1 is 1.06 bits per heavy atom. The molecule has 9 nitrogen and oxygen atoms in total. The number of fused-ring (bicyclic) bond motifs is 1. The van der Waals surface area contributed by atoms with E-state index in [0.29, 0.717) is 47.3 Å². The Balaban J connectivity index is 1.90. The number of ketones is 1. The third kappa shape index (κ3) is 3.95. The molecule has 1 saturated heterocycles. The minimum Gasteiger partial charge on any atom is -0.507 e. The number of aliphatic hydroxyl groups is 1. The van der Waals surface area contributed by atoms with E-state index in [1.54, 1.807) is 36.4 Å². The van der Waals surface area contributed by atoms with E-state index in [1.165, 1.54) is 26.2 Å². The zero-order valence-corrected chi connectivity index (χ0v) is 18.6. The molecule has 1 atom stereocenters. The molecular formula is C24H25NO8. The van der Waals surface area contributed by atoms with E-state index in [-0.39, 0.29) is 24.5 Å². The van der Waals surface area contributed by atoms with Crippen LogP contribution in [-0.4, -0.2) is 69.4 Å². The first-order chi connectivity index (χ1) is 16.0. The van der Waals surface area contributed by atoms with Crippen molar-refractivity contribution in [2.75, 3.05) is 47.7 Å². The molecule has 2 aliphatic heterocycles. The van der Waals surface area contributed by atoms with Crippen LogP contribution in [0.25, 0.3) is 5.76 Å². The fraction of sp³-hybridized carbons (Fsp3) is 0.333. The second-order valence-corrected chi connectivity index (χ2v) is 7.43. The first-order valence-corrected chi connectivity index (χ1v) is 10.4. The number of para-hydroxylation sites is 1. The van der Waals surface area contributed by atoms with Crippen molar-refractivity contribution in [1.82, 2.24) is 4.90 Å². The molecule has 0 spiro atoms. The smallest absolute Gasteiger partial charge is 0.295 e. The second kappa shape index (κ2) is 9.41. The molecule has 0 aliphatic carbocycles. The summed E-state index contributed by atoms with van der Waals surface area (Å²) in [6.45, 7) is 1.15. The van der Waals surface area contributed by atoms with Gasteiger partial charge < -0.3 is 33.7 Å². The Labute approximate surface area is 191 Å². The van der Waals surface area contributed by atoms with Gasteiger partial charge in [-0.15, -0.1) is 0 Å². The topological polar surface area (TPSA) is 104 Å². The van der Waals surface area contributed by atoms with Crippen LogP contribution in [0.15, 0.2) is 42.0 Å². The summed E-state index contributed by atoms with van der Waals surface area (Å²) in [5.41, 5.74) is 0.779. The van der Waals surface area contributed by atoms with Gasteiger partial charge in [-0.25, -0.2) is 0 Å². The van der Waals surface area contributed by atoms with Gasteiger partial charge in [0, 0.05) is 24.8 Å². The maximum Gasteiger partial charge on any atom is 0.295 e. The number of rotatable bonds is 7. The van der Waals surface area contributed by atoms with Gasteiger partial charge in [-0.1, -0.05) is 12.1 Å². The summed E-state index contributed by atoms with van der Waals surface area (Å²) in [5.74, 6) is -0.0534. The highest BCUT2D eigenvalue weighted by molar-refractivity contribution is 6.46. The lowest BCUT2D eigenvalue weighted by atomic mass is 9.94. The molecule has 0 bridgehead atoms. The molecule has 1 amide bonds. The summed E-state index contributed by atoms with van der Waals surface area (Å²) in [7, 11) is 4.48. The van der Waals surface area contributed by atoms with Gasteiger partial charge in [0.1, 0.15) is 19.0 Å². The number of benzene rings is 2. The average Bonchev–Trinajstić information content (AvgIpc) is 3.10. The van der Waals surface area contributed by atoms with Crippen LogP contribution in [0.4, 0.5) is 0 Å². The van der Waals surface area contributed by atoms with Crippen molar-refractivity contribution in [1.29, 1.82) is 0 Å². The van der Waals surface area contributed by atoms with Gasteiger partial charge in [-0.2, -0.15) is 0 Å². The number of nitrogens with zero attached hydrogens (tertiary/aromatic N) is 1. The highest BCUT2D eigenvalue weighted by Gasteiger charge is 2.47. The van der Waals surface area contributed by atoms with E-state index in [0.717, 1.165) is 0 Å². The van der Waals surface area contributed by atoms with Crippen LogP contribution in [0.3, 0.4) is 0 Å². The minimum atomic E-state index is -0.904. The first-order valence-electron chi connectivity index (χ1n) is 10.4. The van der Waals surface area contributed by atoms with Crippen molar-refractivity contribution in [3.63, 3.8) is 0 Å². The van der Waals surface area contributed by atoms with Crippen molar-refractivity contribution >= 4 is 17.4 Å². The third-order valence-corrected chi connectivity index (χ3v) is 5.62. The number of carbonyl (C=O) groups is 2. The molecule has 0 radical (unpaired) electrons. The van der Waals surface area contributed by atoms with E-state index < -0.39 is 17.7 Å². The van der Waals surface area contributed by atoms with Gasteiger partial charge in [-0.05, 0) is 24.3 Å². The molecular weight excluding hydrogens is 430 g/mol. The summed E-state index contributed by atoms with van der Waals surface area (Å²) in [5, 5.41) is 11.3. The monoisotopic (exact) mass is 455 g/mol. The first kappa shape index (κ1) is 22.5. The summed E-state index contributed by atoms with van der Waals surface area (Å²) in [6.07, 6.45) is 0. The number of amides is 1. The number of carbonyl (C=O) groups excluding carboxylic acids is 2. The molecule has 2 heterocycles. The van der Waals surface area contributed by atoms with E-state index in [1.807, 2.05) is 0 Å². The number of hydrogen-bond acceptors (Lipinski definition) is 8. The molecule has 2 aromatic carbocycles. The van der Waals surface area contributed by atoms with Crippen molar-refractivity contribution in [2.45, 2.75) is 6.04 Å². The van der Waals surface area contributed by atoms with Crippen LogP contribution in [0.1, 0.15) is 17.2 Å². The van der Waals surface area contributed by atoms with Gasteiger partial charge in [0.2, 0.25) is 0 Å². The normalized spacial score (nSPS) is 19.0. The van der Waals surface area contributed by atoms with E-state index in [9.17, 15) is 14.7 Å². The summed E-state index contributed by atoms with van der Waals surface area (Å²) in [4.78, 5) is 27.5. The molecule has 0 saturated carbocycles. The van der Waals surface area contributed by atoms with Crippen LogP contribution in [0.2, 0.25) is 0 Å². The van der Waals surface area contributed by atoms with Gasteiger partial charge in [-0.3, -0.25) is 9.59 Å². The number of methoxy groups -OCH3 is 3. The lowest BCUT2D eigenvalue weighted by Crippen LogP contribution is -2.32. The fourth-order valence-corrected chi connectivity index (χ4v) is 4.10. The maximum absolute atomic E-state index is 13.1. The van der Waals surface area contributed by atoms with Crippen molar-refractivity contribution in [3.05, 3.63) is 53.1 Å². The highest BCUT2D eigenvalue weighted by atomic mass is 16.6. The molecule has 2 aliphatic rings. The van der Waals surface area contributed by atoms with Gasteiger partial charge in [0.25, 0.3) is 11.7 Å². The van der Waals surface area contributed by atoms with E-state index >= 15 is 0 Å². The quantitative estimate of drug-likeness (QED) is 0.386. The average molecular weight is 455 g/mol.